The van der Waals surface area contributed by atoms with Crippen LogP contribution >= 0.6 is 11.8 Å². The second-order valence-electron chi connectivity index (χ2n) is 4.17. The van der Waals surface area contributed by atoms with E-state index in [9.17, 15) is 9.18 Å². The maximum Gasteiger partial charge on any atom is 0.258 e. The van der Waals surface area contributed by atoms with Gasteiger partial charge in [0.25, 0.3) is 5.91 Å². The summed E-state index contributed by atoms with van der Waals surface area (Å²) >= 11 is 1.62. The van der Waals surface area contributed by atoms with Gasteiger partial charge in [-0.15, -0.1) is 11.8 Å². The fourth-order valence-corrected chi connectivity index (χ4v) is 2.09. The molecule has 0 bridgehead atoms. The molecule has 2 aromatic carbocycles. The van der Waals surface area contributed by atoms with E-state index in [0.29, 0.717) is 5.69 Å². The summed E-state index contributed by atoms with van der Waals surface area (Å²) in [5.41, 5.74) is 1.50. The summed E-state index contributed by atoms with van der Waals surface area (Å²) in [6.07, 6.45) is 1.98. The van der Waals surface area contributed by atoms with E-state index in [2.05, 4.69) is 5.32 Å². The van der Waals surface area contributed by atoms with Gasteiger partial charge in [-0.2, -0.15) is 0 Å². The summed E-state index contributed by atoms with van der Waals surface area (Å²) in [5.74, 6) is -0.937. The van der Waals surface area contributed by atoms with Gasteiger partial charge in [-0.25, -0.2) is 4.39 Å². The minimum Gasteiger partial charge on any atom is -0.322 e. The molecule has 4 heteroatoms. The molecule has 0 aliphatic heterocycles. The Labute approximate surface area is 116 Å². The normalized spacial score (nSPS) is 10.3. The lowest BCUT2D eigenvalue weighted by molar-refractivity contribution is 0.102. The monoisotopic (exact) mass is 275 g/mol. The number of benzene rings is 2. The average molecular weight is 275 g/mol. The molecule has 0 saturated carbocycles. The minimum absolute atomic E-state index is 0.0551. The number of carbonyl (C=O) groups excluding carboxylic acids is 1. The van der Waals surface area contributed by atoms with Crippen molar-refractivity contribution >= 4 is 23.4 Å². The summed E-state index contributed by atoms with van der Waals surface area (Å²) in [4.78, 5) is 13.1. The van der Waals surface area contributed by atoms with Crippen LogP contribution < -0.4 is 5.32 Å². The molecule has 0 heterocycles. The third-order valence-corrected chi connectivity index (χ3v) is 3.46. The zero-order valence-corrected chi connectivity index (χ0v) is 11.6. The molecular weight excluding hydrogens is 261 g/mol. The molecule has 2 rings (SSSR count). The Morgan fingerprint density at radius 1 is 1.16 bits per heavy atom. The van der Waals surface area contributed by atoms with Gasteiger partial charge in [-0.3, -0.25) is 4.79 Å². The number of nitrogens with one attached hydrogen (secondary N) is 1. The van der Waals surface area contributed by atoms with Gasteiger partial charge in [-0.1, -0.05) is 6.07 Å². The molecule has 98 valence electrons. The zero-order chi connectivity index (χ0) is 13.8. The van der Waals surface area contributed by atoms with Crippen LogP contribution in [0.2, 0.25) is 0 Å². The van der Waals surface area contributed by atoms with Gasteiger partial charge in [0.05, 0.1) is 5.56 Å². The Morgan fingerprint density at radius 2 is 1.84 bits per heavy atom. The third-order valence-electron chi connectivity index (χ3n) is 2.72. The highest BCUT2D eigenvalue weighted by Gasteiger charge is 2.11. The molecule has 19 heavy (non-hydrogen) atoms. The first-order valence-electron chi connectivity index (χ1n) is 5.81. The molecule has 0 unspecified atom stereocenters. The van der Waals surface area contributed by atoms with Gasteiger partial charge in [0.2, 0.25) is 0 Å². The summed E-state index contributed by atoms with van der Waals surface area (Å²) in [6.45, 7) is 1.78. The van der Waals surface area contributed by atoms with Gasteiger partial charge in [0.15, 0.2) is 0 Å². The van der Waals surface area contributed by atoms with Gasteiger partial charge < -0.3 is 5.32 Å². The summed E-state index contributed by atoms with van der Waals surface area (Å²) in [7, 11) is 0. The molecule has 2 aromatic rings. The van der Waals surface area contributed by atoms with Crippen LogP contribution in [0.4, 0.5) is 10.1 Å². The number of aryl methyl sites for hydroxylation is 1. The number of anilines is 1. The van der Waals surface area contributed by atoms with Crippen molar-refractivity contribution in [2.45, 2.75) is 11.8 Å². The van der Waals surface area contributed by atoms with Crippen LogP contribution in [0.3, 0.4) is 0 Å². The Balaban J connectivity index is 2.15. The van der Waals surface area contributed by atoms with Crippen molar-refractivity contribution in [2.24, 2.45) is 0 Å². The highest BCUT2D eigenvalue weighted by atomic mass is 32.2. The number of halogens is 1. The van der Waals surface area contributed by atoms with E-state index in [4.69, 9.17) is 0 Å². The van der Waals surface area contributed by atoms with Crippen molar-refractivity contribution in [2.75, 3.05) is 11.6 Å². The fourth-order valence-electron chi connectivity index (χ4n) is 1.68. The van der Waals surface area contributed by atoms with E-state index in [-0.39, 0.29) is 5.56 Å². The van der Waals surface area contributed by atoms with Crippen LogP contribution in [0.5, 0.6) is 0 Å². The van der Waals surface area contributed by atoms with E-state index in [1.54, 1.807) is 36.9 Å². The molecular formula is C15H14FNOS. The number of thioether (sulfide) groups is 1. The average Bonchev–Trinajstić information content (AvgIpc) is 2.39. The second-order valence-corrected chi connectivity index (χ2v) is 5.05. The SMILES string of the molecule is CSc1ccc(NC(=O)c2ccc(C)cc2F)cc1. The third kappa shape index (κ3) is 3.35. The summed E-state index contributed by atoms with van der Waals surface area (Å²) in [6, 6.07) is 12.0. The first-order chi connectivity index (χ1) is 9.10. The quantitative estimate of drug-likeness (QED) is 0.854. The summed E-state index contributed by atoms with van der Waals surface area (Å²) < 4.78 is 13.7. The van der Waals surface area contributed by atoms with E-state index < -0.39 is 11.7 Å². The minimum atomic E-state index is -0.502. The van der Waals surface area contributed by atoms with Crippen LogP contribution in [0.25, 0.3) is 0 Å². The van der Waals surface area contributed by atoms with Crippen LogP contribution in [0.1, 0.15) is 15.9 Å². The number of amides is 1. The molecule has 2 nitrogen and oxygen atoms in total. The molecule has 0 fully saturated rings. The lowest BCUT2D eigenvalue weighted by atomic mass is 10.1. The smallest absolute Gasteiger partial charge is 0.258 e. The van der Waals surface area contributed by atoms with Crippen molar-refractivity contribution in [1.29, 1.82) is 0 Å². The maximum atomic E-state index is 13.7. The highest BCUT2D eigenvalue weighted by molar-refractivity contribution is 7.98. The maximum absolute atomic E-state index is 13.7. The van der Waals surface area contributed by atoms with E-state index in [1.807, 2.05) is 18.4 Å². The molecule has 0 saturated heterocycles. The molecule has 0 aliphatic rings. The van der Waals surface area contributed by atoms with E-state index >= 15 is 0 Å². The predicted molar refractivity (Wildman–Crippen MR) is 77.3 cm³/mol. The zero-order valence-electron chi connectivity index (χ0n) is 10.7. The number of rotatable bonds is 3. The van der Waals surface area contributed by atoms with Crippen molar-refractivity contribution in [3.05, 3.63) is 59.4 Å². The first kappa shape index (κ1) is 13.6. The molecule has 0 aromatic heterocycles. The lowest BCUT2D eigenvalue weighted by Crippen LogP contribution is -2.13. The summed E-state index contributed by atoms with van der Waals surface area (Å²) in [5, 5.41) is 2.68. The number of carbonyl (C=O) groups is 1. The first-order valence-corrected chi connectivity index (χ1v) is 7.04. The van der Waals surface area contributed by atoms with Crippen molar-refractivity contribution in [1.82, 2.24) is 0 Å². The Morgan fingerprint density at radius 3 is 2.42 bits per heavy atom. The Kier molecular flexibility index (Phi) is 4.22. The van der Waals surface area contributed by atoms with Crippen molar-refractivity contribution < 1.29 is 9.18 Å². The van der Waals surface area contributed by atoms with Crippen molar-refractivity contribution in [3.8, 4) is 0 Å². The molecule has 0 spiro atoms. The van der Waals surface area contributed by atoms with Gasteiger partial charge in [0.1, 0.15) is 5.82 Å². The van der Waals surface area contributed by atoms with Crippen LogP contribution in [0.15, 0.2) is 47.4 Å². The second kappa shape index (κ2) is 5.89. The van der Waals surface area contributed by atoms with E-state index in [0.717, 1.165) is 10.5 Å². The van der Waals surface area contributed by atoms with Crippen LogP contribution in [-0.2, 0) is 0 Å². The van der Waals surface area contributed by atoms with Crippen LogP contribution in [0, 0.1) is 12.7 Å². The van der Waals surface area contributed by atoms with E-state index in [1.165, 1.54) is 12.1 Å². The molecule has 0 aliphatic carbocycles. The highest BCUT2D eigenvalue weighted by Crippen LogP contribution is 2.18. The lowest BCUT2D eigenvalue weighted by Gasteiger charge is -2.07. The largest absolute Gasteiger partial charge is 0.322 e. The van der Waals surface area contributed by atoms with Gasteiger partial charge >= 0.3 is 0 Å². The van der Waals surface area contributed by atoms with Crippen molar-refractivity contribution in [3.63, 3.8) is 0 Å². The predicted octanol–water partition coefficient (Wildman–Crippen LogP) is 4.11. The number of hydrogen-bond acceptors (Lipinski definition) is 2. The van der Waals surface area contributed by atoms with Gasteiger partial charge in [0, 0.05) is 10.6 Å². The van der Waals surface area contributed by atoms with Gasteiger partial charge in [-0.05, 0) is 55.1 Å². The fraction of sp³-hybridized carbons (Fsp3) is 0.133. The Hall–Kier alpha value is -1.81. The number of hydrogen-bond donors (Lipinski definition) is 1. The Bertz CT molecular complexity index is 596. The molecule has 0 atom stereocenters. The molecule has 1 amide bonds. The van der Waals surface area contributed by atoms with Crippen LogP contribution in [-0.4, -0.2) is 12.2 Å². The topological polar surface area (TPSA) is 29.1 Å². The molecule has 1 N–H and O–H groups in total. The molecule has 0 radical (unpaired) electrons. The standard InChI is InChI=1S/C15H14FNOS/c1-10-3-8-13(14(16)9-10)15(18)17-11-4-6-12(19-2)7-5-11/h3-9H,1-2H3,(H,17,18).